The second-order valence-electron chi connectivity index (χ2n) is 6.60. The van der Waals surface area contributed by atoms with Crippen LogP contribution < -0.4 is 0 Å². The van der Waals surface area contributed by atoms with Gasteiger partial charge >= 0.3 is 0 Å². The fourth-order valence-electron chi connectivity index (χ4n) is 3.63. The van der Waals surface area contributed by atoms with Crippen LogP contribution in [0.3, 0.4) is 0 Å². The lowest BCUT2D eigenvalue weighted by Gasteiger charge is -2.25. The summed E-state index contributed by atoms with van der Waals surface area (Å²) in [6.07, 6.45) is 8.29. The van der Waals surface area contributed by atoms with E-state index in [1.807, 2.05) is 13.0 Å². The van der Waals surface area contributed by atoms with Crippen molar-refractivity contribution in [1.82, 2.24) is 25.1 Å². The van der Waals surface area contributed by atoms with Crippen LogP contribution in [0, 0.1) is 6.92 Å². The highest BCUT2D eigenvalue weighted by atomic mass is 16.3. The normalized spacial score (nSPS) is 20.1. The quantitative estimate of drug-likeness (QED) is 0.868. The van der Waals surface area contributed by atoms with Gasteiger partial charge in [0.05, 0.1) is 12.6 Å². The average molecular weight is 313 g/mol. The Hall–Kier alpha value is -1.95. The number of hydrogen-bond acceptors (Lipinski definition) is 5. The number of tetrazole rings is 1. The molecule has 2 aromatic heterocycles. The van der Waals surface area contributed by atoms with Gasteiger partial charge < -0.3 is 4.42 Å². The third kappa shape index (κ3) is 3.08. The lowest BCUT2D eigenvalue weighted by Crippen LogP contribution is -2.30. The minimum atomic E-state index is 0.502. The highest BCUT2D eigenvalue weighted by Gasteiger charge is 2.23. The molecule has 6 nitrogen and oxygen atoms in total. The zero-order valence-corrected chi connectivity index (χ0v) is 13.6. The smallest absolute Gasteiger partial charge is 0.165 e. The first-order valence-electron chi connectivity index (χ1n) is 8.54. The third-order valence-electron chi connectivity index (χ3n) is 4.95. The van der Waals surface area contributed by atoms with E-state index in [1.165, 1.54) is 31.3 Å². The van der Waals surface area contributed by atoms with Crippen LogP contribution in [0.15, 0.2) is 22.6 Å². The van der Waals surface area contributed by atoms with Gasteiger partial charge in [0.1, 0.15) is 11.5 Å². The standard InChI is InChI=1S/C17H23N5O/c1-13-6-7-16(23-13)14-8-10-21(11-9-14)12-17-18-19-20-22(17)15-4-2-3-5-15/h6-8,15H,2-5,9-12H2,1H3. The molecule has 0 radical (unpaired) electrons. The summed E-state index contributed by atoms with van der Waals surface area (Å²) < 4.78 is 7.79. The van der Waals surface area contributed by atoms with Gasteiger partial charge in [-0.05, 0) is 54.3 Å². The van der Waals surface area contributed by atoms with E-state index in [2.05, 4.69) is 37.2 Å². The van der Waals surface area contributed by atoms with E-state index < -0.39 is 0 Å². The van der Waals surface area contributed by atoms with Crippen molar-refractivity contribution < 1.29 is 4.42 Å². The Labute approximate surface area is 136 Å². The number of nitrogens with zero attached hydrogens (tertiary/aromatic N) is 5. The van der Waals surface area contributed by atoms with Crippen molar-refractivity contribution in [3.63, 3.8) is 0 Å². The Kier molecular flexibility index (Phi) is 3.99. The van der Waals surface area contributed by atoms with Crippen LogP contribution in [0.4, 0.5) is 0 Å². The topological polar surface area (TPSA) is 60.0 Å². The van der Waals surface area contributed by atoms with E-state index in [4.69, 9.17) is 4.42 Å². The maximum absolute atomic E-state index is 5.73. The number of furan rings is 1. The SMILES string of the molecule is Cc1ccc(C2=CCN(Cc3nnnn3C3CCCC3)CC2)o1. The molecular formula is C17H23N5O. The third-order valence-corrected chi connectivity index (χ3v) is 4.95. The monoisotopic (exact) mass is 313 g/mol. The second kappa shape index (κ2) is 6.28. The largest absolute Gasteiger partial charge is 0.462 e. The van der Waals surface area contributed by atoms with Crippen LogP contribution in [0.25, 0.3) is 5.57 Å². The van der Waals surface area contributed by atoms with Gasteiger partial charge in [-0.15, -0.1) is 5.10 Å². The summed E-state index contributed by atoms with van der Waals surface area (Å²) in [7, 11) is 0. The molecule has 2 aliphatic rings. The average Bonchev–Trinajstić information content (AvgIpc) is 3.29. The van der Waals surface area contributed by atoms with Crippen LogP contribution in [0.1, 0.15) is 55.5 Å². The number of rotatable bonds is 4. The first-order valence-corrected chi connectivity index (χ1v) is 8.54. The van der Waals surface area contributed by atoms with E-state index in [0.717, 1.165) is 43.4 Å². The lowest BCUT2D eigenvalue weighted by atomic mass is 10.1. The highest BCUT2D eigenvalue weighted by molar-refractivity contribution is 5.62. The van der Waals surface area contributed by atoms with Gasteiger partial charge in [-0.2, -0.15) is 0 Å². The van der Waals surface area contributed by atoms with Gasteiger partial charge in [0, 0.05) is 13.1 Å². The summed E-state index contributed by atoms with van der Waals surface area (Å²) in [5.41, 5.74) is 1.31. The zero-order chi connectivity index (χ0) is 15.6. The minimum absolute atomic E-state index is 0.502. The van der Waals surface area contributed by atoms with E-state index in [9.17, 15) is 0 Å². The van der Waals surface area contributed by atoms with Crippen LogP contribution in [-0.2, 0) is 6.54 Å². The van der Waals surface area contributed by atoms with Crippen molar-refractivity contribution in [1.29, 1.82) is 0 Å². The van der Waals surface area contributed by atoms with Crippen molar-refractivity contribution in [3.05, 3.63) is 35.6 Å². The minimum Gasteiger partial charge on any atom is -0.462 e. The van der Waals surface area contributed by atoms with Crippen molar-refractivity contribution >= 4 is 5.57 Å². The molecule has 2 aromatic rings. The van der Waals surface area contributed by atoms with Gasteiger partial charge in [-0.25, -0.2) is 4.68 Å². The molecule has 1 fully saturated rings. The fourth-order valence-corrected chi connectivity index (χ4v) is 3.63. The first-order chi connectivity index (χ1) is 11.3. The van der Waals surface area contributed by atoms with Crippen molar-refractivity contribution in [2.75, 3.05) is 13.1 Å². The fraction of sp³-hybridized carbons (Fsp3) is 0.588. The highest BCUT2D eigenvalue weighted by Crippen LogP contribution is 2.30. The van der Waals surface area contributed by atoms with Gasteiger partial charge in [0.15, 0.2) is 5.82 Å². The van der Waals surface area contributed by atoms with Gasteiger partial charge in [-0.1, -0.05) is 18.9 Å². The molecule has 4 rings (SSSR count). The molecule has 23 heavy (non-hydrogen) atoms. The molecule has 1 aliphatic carbocycles. The van der Waals surface area contributed by atoms with Crippen LogP contribution in [-0.4, -0.2) is 38.2 Å². The Bertz CT molecular complexity index is 695. The van der Waals surface area contributed by atoms with E-state index >= 15 is 0 Å². The van der Waals surface area contributed by atoms with Gasteiger partial charge in [0.25, 0.3) is 0 Å². The summed E-state index contributed by atoms with van der Waals surface area (Å²) in [5, 5.41) is 12.4. The molecule has 3 heterocycles. The Morgan fingerprint density at radius 2 is 2.13 bits per heavy atom. The Morgan fingerprint density at radius 3 is 2.83 bits per heavy atom. The van der Waals surface area contributed by atoms with Crippen molar-refractivity contribution in [3.8, 4) is 0 Å². The molecule has 6 heteroatoms. The molecule has 0 N–H and O–H groups in total. The second-order valence-corrected chi connectivity index (χ2v) is 6.60. The van der Waals surface area contributed by atoms with E-state index in [1.54, 1.807) is 0 Å². The molecule has 0 unspecified atom stereocenters. The summed E-state index contributed by atoms with van der Waals surface area (Å²) >= 11 is 0. The van der Waals surface area contributed by atoms with Crippen LogP contribution in [0.5, 0.6) is 0 Å². The first kappa shape index (κ1) is 14.6. The van der Waals surface area contributed by atoms with E-state index in [-0.39, 0.29) is 0 Å². The lowest BCUT2D eigenvalue weighted by molar-refractivity contribution is 0.273. The molecule has 1 aliphatic heterocycles. The van der Waals surface area contributed by atoms with Gasteiger partial charge in [-0.3, -0.25) is 4.90 Å². The molecule has 0 bridgehead atoms. The Balaban J connectivity index is 1.41. The van der Waals surface area contributed by atoms with E-state index in [0.29, 0.717) is 6.04 Å². The number of hydrogen-bond donors (Lipinski definition) is 0. The zero-order valence-electron chi connectivity index (χ0n) is 13.6. The van der Waals surface area contributed by atoms with Crippen molar-refractivity contribution in [2.45, 2.75) is 51.6 Å². The maximum atomic E-state index is 5.73. The summed E-state index contributed by atoms with van der Waals surface area (Å²) in [6, 6.07) is 4.59. The summed E-state index contributed by atoms with van der Waals surface area (Å²) in [5.74, 6) is 2.99. The molecule has 0 atom stereocenters. The molecule has 1 saturated carbocycles. The van der Waals surface area contributed by atoms with Crippen LogP contribution in [0.2, 0.25) is 0 Å². The molecule has 0 amide bonds. The van der Waals surface area contributed by atoms with Crippen molar-refractivity contribution in [2.24, 2.45) is 0 Å². The number of aromatic nitrogens is 4. The summed E-state index contributed by atoms with van der Waals surface area (Å²) in [6.45, 7) is 4.75. The molecular weight excluding hydrogens is 290 g/mol. The molecule has 0 spiro atoms. The summed E-state index contributed by atoms with van der Waals surface area (Å²) in [4.78, 5) is 2.40. The predicted molar refractivity (Wildman–Crippen MR) is 86.6 cm³/mol. The molecule has 122 valence electrons. The Morgan fingerprint density at radius 1 is 1.26 bits per heavy atom. The van der Waals surface area contributed by atoms with Gasteiger partial charge in [0.2, 0.25) is 0 Å². The predicted octanol–water partition coefficient (Wildman–Crippen LogP) is 2.98. The number of aryl methyl sites for hydroxylation is 1. The molecule has 0 aromatic carbocycles. The molecule has 0 saturated heterocycles. The van der Waals surface area contributed by atoms with Crippen LogP contribution >= 0.6 is 0 Å². The maximum Gasteiger partial charge on any atom is 0.165 e.